The van der Waals surface area contributed by atoms with Gasteiger partial charge < -0.3 is 0 Å². The standard InChI is InChI=1S/C10H8IN5O/c11-8-4-2-1-3-7(8)5-12-15-10-14-9(17)6-13-16-10/h1-6H,(H2,14,15,16,17). The van der Waals surface area contributed by atoms with E-state index in [2.05, 4.69) is 48.3 Å². The second kappa shape index (κ2) is 5.53. The van der Waals surface area contributed by atoms with Crippen LogP contribution in [0.1, 0.15) is 5.56 Å². The van der Waals surface area contributed by atoms with Crippen molar-refractivity contribution in [2.24, 2.45) is 5.10 Å². The number of nitrogens with one attached hydrogen (secondary N) is 2. The van der Waals surface area contributed by atoms with E-state index < -0.39 is 0 Å². The van der Waals surface area contributed by atoms with Gasteiger partial charge in [-0.1, -0.05) is 18.2 Å². The number of nitrogens with zero attached hydrogens (tertiary/aromatic N) is 3. The van der Waals surface area contributed by atoms with Crippen LogP contribution in [-0.4, -0.2) is 21.4 Å². The molecule has 0 fully saturated rings. The normalized spacial score (nSPS) is 10.6. The van der Waals surface area contributed by atoms with Gasteiger partial charge in [-0.15, -0.1) is 10.2 Å². The molecule has 1 aromatic heterocycles. The molecular weight excluding hydrogens is 333 g/mol. The Morgan fingerprint density at radius 2 is 2.24 bits per heavy atom. The highest BCUT2D eigenvalue weighted by atomic mass is 127. The lowest BCUT2D eigenvalue weighted by Crippen LogP contribution is -2.10. The molecule has 0 amide bonds. The molecule has 0 aliphatic rings. The summed E-state index contributed by atoms with van der Waals surface area (Å²) in [5, 5.41) is 11.1. The predicted octanol–water partition coefficient (Wildman–Crippen LogP) is 1.22. The SMILES string of the molecule is O=c1cnnc(NN=Cc2ccccc2I)[nH]1. The second-order valence-corrected chi connectivity index (χ2v) is 4.24. The molecule has 0 saturated heterocycles. The number of hydrogen-bond acceptors (Lipinski definition) is 5. The van der Waals surface area contributed by atoms with E-state index in [-0.39, 0.29) is 11.5 Å². The zero-order valence-electron chi connectivity index (χ0n) is 8.59. The van der Waals surface area contributed by atoms with Gasteiger partial charge >= 0.3 is 0 Å². The van der Waals surface area contributed by atoms with E-state index in [0.717, 1.165) is 15.3 Å². The van der Waals surface area contributed by atoms with Crippen molar-refractivity contribution in [3.05, 3.63) is 49.9 Å². The molecule has 2 aromatic rings. The van der Waals surface area contributed by atoms with Crippen molar-refractivity contribution in [3.8, 4) is 0 Å². The maximum Gasteiger partial charge on any atom is 0.271 e. The van der Waals surface area contributed by atoms with Crippen molar-refractivity contribution in [2.45, 2.75) is 0 Å². The zero-order chi connectivity index (χ0) is 12.1. The number of halogens is 1. The molecule has 0 saturated carbocycles. The van der Waals surface area contributed by atoms with Gasteiger partial charge in [0, 0.05) is 9.13 Å². The first-order valence-corrected chi connectivity index (χ1v) is 5.79. The number of rotatable bonds is 3. The zero-order valence-corrected chi connectivity index (χ0v) is 10.7. The summed E-state index contributed by atoms with van der Waals surface area (Å²) < 4.78 is 1.09. The molecule has 1 heterocycles. The number of H-pyrrole nitrogens is 1. The minimum absolute atomic E-state index is 0.208. The average Bonchev–Trinajstić information content (AvgIpc) is 2.32. The van der Waals surface area contributed by atoms with Crippen LogP contribution in [0.4, 0.5) is 5.95 Å². The van der Waals surface area contributed by atoms with Crippen LogP contribution in [-0.2, 0) is 0 Å². The fourth-order valence-corrected chi connectivity index (χ4v) is 1.63. The lowest BCUT2D eigenvalue weighted by atomic mass is 10.2. The van der Waals surface area contributed by atoms with Crippen LogP contribution in [0, 0.1) is 3.57 Å². The number of hydrazone groups is 1. The Kier molecular flexibility index (Phi) is 3.81. The highest BCUT2D eigenvalue weighted by Gasteiger charge is 1.94. The van der Waals surface area contributed by atoms with E-state index >= 15 is 0 Å². The van der Waals surface area contributed by atoms with Gasteiger partial charge in [0.1, 0.15) is 6.20 Å². The van der Waals surface area contributed by atoms with Gasteiger partial charge in [-0.25, -0.2) is 5.43 Å². The molecule has 0 atom stereocenters. The summed E-state index contributed by atoms with van der Waals surface area (Å²) in [6, 6.07) is 7.79. The van der Waals surface area contributed by atoms with Crippen LogP contribution in [0.2, 0.25) is 0 Å². The van der Waals surface area contributed by atoms with E-state index in [1.165, 1.54) is 0 Å². The maximum atomic E-state index is 10.9. The van der Waals surface area contributed by atoms with Gasteiger partial charge in [0.2, 0.25) is 5.95 Å². The molecule has 0 aliphatic heterocycles. The summed E-state index contributed by atoms with van der Waals surface area (Å²) in [7, 11) is 0. The predicted molar refractivity (Wildman–Crippen MR) is 73.0 cm³/mol. The molecular formula is C10H8IN5O. The van der Waals surface area contributed by atoms with Gasteiger partial charge in [0.05, 0.1) is 6.21 Å². The van der Waals surface area contributed by atoms with Crippen molar-refractivity contribution in [1.82, 2.24) is 15.2 Å². The summed E-state index contributed by atoms with van der Waals surface area (Å²) in [6.45, 7) is 0. The number of aromatic amines is 1. The monoisotopic (exact) mass is 341 g/mol. The average molecular weight is 341 g/mol. The molecule has 1 aromatic carbocycles. The Hall–Kier alpha value is -1.77. The molecule has 86 valence electrons. The van der Waals surface area contributed by atoms with Gasteiger partial charge in [-0.3, -0.25) is 9.78 Å². The minimum atomic E-state index is -0.327. The van der Waals surface area contributed by atoms with Crippen LogP contribution in [0.25, 0.3) is 0 Å². The van der Waals surface area contributed by atoms with Crippen LogP contribution >= 0.6 is 22.6 Å². The van der Waals surface area contributed by atoms with E-state index in [9.17, 15) is 4.79 Å². The first-order valence-electron chi connectivity index (χ1n) is 4.71. The van der Waals surface area contributed by atoms with E-state index in [0.29, 0.717) is 0 Å². The fourth-order valence-electron chi connectivity index (χ4n) is 1.11. The van der Waals surface area contributed by atoms with Gasteiger partial charge in [0.25, 0.3) is 5.56 Å². The molecule has 2 N–H and O–H groups in total. The third-order valence-corrected chi connectivity index (χ3v) is 2.84. The summed E-state index contributed by atoms with van der Waals surface area (Å²) >= 11 is 2.22. The summed E-state index contributed by atoms with van der Waals surface area (Å²) in [5.74, 6) is 0.208. The molecule has 17 heavy (non-hydrogen) atoms. The molecule has 2 rings (SSSR count). The van der Waals surface area contributed by atoms with Crippen molar-refractivity contribution in [3.63, 3.8) is 0 Å². The minimum Gasteiger partial charge on any atom is -0.289 e. The second-order valence-electron chi connectivity index (χ2n) is 3.07. The fraction of sp³-hybridized carbons (Fsp3) is 0. The third-order valence-electron chi connectivity index (χ3n) is 1.85. The summed E-state index contributed by atoms with van der Waals surface area (Å²) in [6.07, 6.45) is 2.74. The Bertz CT molecular complexity index is 595. The quantitative estimate of drug-likeness (QED) is 0.500. The number of anilines is 1. The van der Waals surface area contributed by atoms with Gasteiger partial charge in [-0.05, 0) is 28.7 Å². The molecule has 0 aliphatic carbocycles. The smallest absolute Gasteiger partial charge is 0.271 e. The van der Waals surface area contributed by atoms with Crippen LogP contribution in [0.3, 0.4) is 0 Å². The van der Waals surface area contributed by atoms with Crippen LogP contribution in [0.5, 0.6) is 0 Å². The Balaban J connectivity index is 2.08. The van der Waals surface area contributed by atoms with Crippen LogP contribution in [0.15, 0.2) is 40.4 Å². The lowest BCUT2D eigenvalue weighted by molar-refractivity contribution is 0.939. The summed E-state index contributed by atoms with van der Waals surface area (Å²) in [4.78, 5) is 13.4. The Morgan fingerprint density at radius 1 is 1.41 bits per heavy atom. The summed E-state index contributed by atoms with van der Waals surface area (Å²) in [5.41, 5.74) is 3.25. The highest BCUT2D eigenvalue weighted by molar-refractivity contribution is 14.1. The molecule has 0 unspecified atom stereocenters. The first-order chi connectivity index (χ1) is 8.25. The maximum absolute atomic E-state index is 10.9. The topological polar surface area (TPSA) is 83.0 Å². The molecule has 6 nitrogen and oxygen atoms in total. The first kappa shape index (κ1) is 11.7. The van der Waals surface area contributed by atoms with Crippen molar-refractivity contribution >= 4 is 34.8 Å². The van der Waals surface area contributed by atoms with Crippen molar-refractivity contribution < 1.29 is 0 Å². The Labute approximate surface area is 110 Å². The number of aromatic nitrogens is 3. The molecule has 0 spiro atoms. The van der Waals surface area contributed by atoms with Crippen molar-refractivity contribution in [1.29, 1.82) is 0 Å². The highest BCUT2D eigenvalue weighted by Crippen LogP contribution is 2.08. The van der Waals surface area contributed by atoms with Gasteiger partial charge in [0.15, 0.2) is 0 Å². The van der Waals surface area contributed by atoms with Crippen molar-refractivity contribution in [2.75, 3.05) is 5.43 Å². The van der Waals surface area contributed by atoms with E-state index in [1.54, 1.807) is 6.21 Å². The van der Waals surface area contributed by atoms with Gasteiger partial charge in [-0.2, -0.15) is 5.10 Å². The lowest BCUT2D eigenvalue weighted by Gasteiger charge is -1.98. The largest absolute Gasteiger partial charge is 0.289 e. The molecule has 0 bridgehead atoms. The third kappa shape index (κ3) is 3.34. The molecule has 0 radical (unpaired) electrons. The molecule has 7 heteroatoms. The number of hydrogen-bond donors (Lipinski definition) is 2. The van der Waals surface area contributed by atoms with Crippen LogP contribution < -0.4 is 11.0 Å². The van der Waals surface area contributed by atoms with E-state index in [1.807, 2.05) is 24.3 Å². The Morgan fingerprint density at radius 3 is 3.00 bits per heavy atom. The van der Waals surface area contributed by atoms with E-state index in [4.69, 9.17) is 0 Å². The number of benzene rings is 1.